The molecule has 1 heterocycles. The second kappa shape index (κ2) is 6.01. The van der Waals surface area contributed by atoms with Crippen LogP contribution in [0.5, 0.6) is 0 Å². The lowest BCUT2D eigenvalue weighted by Gasteiger charge is -2.09. The van der Waals surface area contributed by atoms with Gasteiger partial charge >= 0.3 is 0 Å². The average Bonchev–Trinajstić information content (AvgIpc) is 2.01. The number of hydrogen-bond acceptors (Lipinski definition) is 3. The molecule has 1 aliphatic heterocycles. The van der Waals surface area contributed by atoms with Crippen LogP contribution in [0.2, 0.25) is 0 Å². The molecule has 0 unspecified atom stereocenters. The highest BCUT2D eigenvalue weighted by molar-refractivity contribution is 7.99. The van der Waals surface area contributed by atoms with Crippen molar-refractivity contribution in [2.24, 2.45) is 0 Å². The molecule has 10 heavy (non-hydrogen) atoms. The lowest BCUT2D eigenvalue weighted by atomic mass is 10.4. The van der Waals surface area contributed by atoms with Crippen molar-refractivity contribution in [3.8, 4) is 0 Å². The van der Waals surface area contributed by atoms with E-state index in [4.69, 9.17) is 0 Å². The van der Waals surface area contributed by atoms with Crippen molar-refractivity contribution in [2.75, 3.05) is 37.7 Å². The third-order valence-electron chi connectivity index (χ3n) is 1.54. The van der Waals surface area contributed by atoms with Gasteiger partial charge in [0, 0.05) is 25.4 Å². The van der Waals surface area contributed by atoms with E-state index < -0.39 is 0 Å². The highest BCUT2D eigenvalue weighted by Crippen LogP contribution is 2.00. The zero-order valence-electron chi connectivity index (χ0n) is 6.36. The molecule has 0 aromatic rings. The third-order valence-corrected chi connectivity index (χ3v) is 2.61. The van der Waals surface area contributed by atoms with E-state index in [2.05, 4.69) is 10.6 Å². The second-order valence-electron chi connectivity index (χ2n) is 2.47. The minimum absolute atomic E-state index is 1.13. The second-order valence-corrected chi connectivity index (χ2v) is 3.69. The number of nitrogens with one attached hydrogen (secondary N) is 2. The van der Waals surface area contributed by atoms with E-state index in [1.54, 1.807) is 0 Å². The van der Waals surface area contributed by atoms with Gasteiger partial charge in [-0.1, -0.05) is 0 Å². The maximum Gasteiger partial charge on any atom is 0.00770 e. The fraction of sp³-hybridized carbons (Fsp3) is 1.00. The predicted molar refractivity (Wildman–Crippen MR) is 47.7 cm³/mol. The molecular weight excluding hydrogens is 144 g/mol. The minimum atomic E-state index is 1.13. The van der Waals surface area contributed by atoms with Crippen LogP contribution in [0, 0.1) is 0 Å². The third kappa shape index (κ3) is 4.14. The van der Waals surface area contributed by atoms with Gasteiger partial charge in [-0.15, -0.1) is 0 Å². The fourth-order valence-corrected chi connectivity index (χ4v) is 1.81. The Balaban J connectivity index is 2.00. The van der Waals surface area contributed by atoms with Gasteiger partial charge in [0.15, 0.2) is 0 Å². The van der Waals surface area contributed by atoms with Crippen LogP contribution in [0.3, 0.4) is 0 Å². The van der Waals surface area contributed by atoms with Crippen LogP contribution in [0.25, 0.3) is 0 Å². The summed E-state index contributed by atoms with van der Waals surface area (Å²) in [5, 5.41) is 6.75. The van der Waals surface area contributed by atoms with E-state index in [-0.39, 0.29) is 0 Å². The molecule has 0 aromatic carbocycles. The summed E-state index contributed by atoms with van der Waals surface area (Å²) >= 11 is 2.05. The molecule has 1 saturated heterocycles. The maximum atomic E-state index is 3.38. The van der Waals surface area contributed by atoms with Crippen molar-refractivity contribution in [3.63, 3.8) is 0 Å². The molecule has 1 rings (SSSR count). The Hall–Kier alpha value is 0.270. The van der Waals surface area contributed by atoms with Crippen LogP contribution >= 0.6 is 11.8 Å². The van der Waals surface area contributed by atoms with Crippen molar-refractivity contribution in [1.29, 1.82) is 0 Å². The number of rotatable bonds is 0. The summed E-state index contributed by atoms with van der Waals surface area (Å²) in [6.45, 7) is 4.62. The first-order valence-electron chi connectivity index (χ1n) is 3.99. The molecule has 0 spiro atoms. The van der Waals surface area contributed by atoms with Gasteiger partial charge in [0.2, 0.25) is 0 Å². The number of thioether (sulfide) groups is 1. The summed E-state index contributed by atoms with van der Waals surface area (Å²) in [7, 11) is 0. The summed E-state index contributed by atoms with van der Waals surface area (Å²) in [6, 6.07) is 0. The first-order valence-corrected chi connectivity index (χ1v) is 5.15. The fourth-order valence-electron chi connectivity index (χ4n) is 0.972. The molecule has 0 saturated carbocycles. The Morgan fingerprint density at radius 1 is 0.800 bits per heavy atom. The number of hydrogen-bond donors (Lipinski definition) is 2. The van der Waals surface area contributed by atoms with Gasteiger partial charge in [-0.3, -0.25) is 0 Å². The Kier molecular flexibility index (Phi) is 5.03. The summed E-state index contributed by atoms with van der Waals surface area (Å²) < 4.78 is 0. The molecule has 3 heteroatoms. The van der Waals surface area contributed by atoms with Crippen molar-refractivity contribution in [2.45, 2.75) is 6.42 Å². The minimum Gasteiger partial charge on any atom is -0.315 e. The van der Waals surface area contributed by atoms with E-state index in [9.17, 15) is 0 Å². The Morgan fingerprint density at radius 2 is 1.60 bits per heavy atom. The summed E-state index contributed by atoms with van der Waals surface area (Å²) in [5.41, 5.74) is 0. The van der Waals surface area contributed by atoms with Gasteiger partial charge in [0.25, 0.3) is 0 Å². The van der Waals surface area contributed by atoms with Crippen molar-refractivity contribution >= 4 is 11.8 Å². The summed E-state index contributed by atoms with van der Waals surface area (Å²) in [4.78, 5) is 0. The summed E-state index contributed by atoms with van der Waals surface area (Å²) in [6.07, 6.45) is 1.32. The van der Waals surface area contributed by atoms with Crippen LogP contribution in [0.4, 0.5) is 0 Å². The standard InChI is InChI=1S/C7H16N2S/c1-2-8-3-4-9-5-7-10-6-1/h8-9H,1-7H2. The van der Waals surface area contributed by atoms with Gasteiger partial charge in [-0.05, 0) is 18.7 Å². The zero-order chi connectivity index (χ0) is 7.07. The molecule has 0 radical (unpaired) electrons. The molecule has 60 valence electrons. The van der Waals surface area contributed by atoms with E-state index in [1.807, 2.05) is 11.8 Å². The molecular formula is C7H16N2S. The van der Waals surface area contributed by atoms with Gasteiger partial charge in [-0.2, -0.15) is 11.8 Å². The molecule has 0 aromatic heterocycles. The van der Waals surface area contributed by atoms with Crippen molar-refractivity contribution in [1.82, 2.24) is 10.6 Å². The topological polar surface area (TPSA) is 24.1 Å². The van der Waals surface area contributed by atoms with Crippen LogP contribution in [-0.2, 0) is 0 Å². The van der Waals surface area contributed by atoms with Crippen LogP contribution < -0.4 is 10.6 Å². The van der Waals surface area contributed by atoms with Gasteiger partial charge in [-0.25, -0.2) is 0 Å². The maximum absolute atomic E-state index is 3.38. The first kappa shape index (κ1) is 8.37. The summed E-state index contributed by atoms with van der Waals surface area (Å²) in [5.74, 6) is 2.59. The molecule has 2 N–H and O–H groups in total. The highest BCUT2D eigenvalue weighted by atomic mass is 32.2. The largest absolute Gasteiger partial charge is 0.315 e. The SMILES string of the molecule is C1CNCCNCCSC1. The molecule has 1 fully saturated rings. The molecule has 2 nitrogen and oxygen atoms in total. The Bertz CT molecular complexity index is 44.8. The van der Waals surface area contributed by atoms with Crippen LogP contribution in [0.1, 0.15) is 6.42 Å². The molecule has 1 aliphatic rings. The van der Waals surface area contributed by atoms with Crippen LogP contribution in [-0.4, -0.2) is 37.7 Å². The molecule has 0 aliphatic carbocycles. The monoisotopic (exact) mass is 160 g/mol. The lowest BCUT2D eigenvalue weighted by Crippen LogP contribution is -2.30. The van der Waals surface area contributed by atoms with E-state index in [1.165, 1.54) is 31.0 Å². The van der Waals surface area contributed by atoms with E-state index in [0.29, 0.717) is 0 Å². The Labute approximate surface area is 67.1 Å². The van der Waals surface area contributed by atoms with Crippen molar-refractivity contribution in [3.05, 3.63) is 0 Å². The van der Waals surface area contributed by atoms with E-state index in [0.717, 1.165) is 13.1 Å². The highest BCUT2D eigenvalue weighted by Gasteiger charge is 1.93. The molecule has 0 bridgehead atoms. The molecule has 0 amide bonds. The van der Waals surface area contributed by atoms with Crippen LogP contribution in [0.15, 0.2) is 0 Å². The normalized spacial score (nSPS) is 24.0. The molecule has 0 atom stereocenters. The lowest BCUT2D eigenvalue weighted by molar-refractivity contribution is 0.618. The van der Waals surface area contributed by atoms with E-state index >= 15 is 0 Å². The predicted octanol–water partition coefficient (Wildman–Crippen LogP) is 0.303. The van der Waals surface area contributed by atoms with Gasteiger partial charge in [0.1, 0.15) is 0 Å². The van der Waals surface area contributed by atoms with Gasteiger partial charge < -0.3 is 10.6 Å². The van der Waals surface area contributed by atoms with Crippen molar-refractivity contribution < 1.29 is 0 Å². The first-order chi connectivity index (χ1) is 5.00. The van der Waals surface area contributed by atoms with Gasteiger partial charge in [0.05, 0.1) is 0 Å². The average molecular weight is 160 g/mol. The smallest absolute Gasteiger partial charge is 0.00770 e. The Morgan fingerprint density at radius 3 is 2.50 bits per heavy atom. The quantitative estimate of drug-likeness (QED) is 0.533. The zero-order valence-corrected chi connectivity index (χ0v) is 7.17.